The van der Waals surface area contributed by atoms with E-state index < -0.39 is 0 Å². The summed E-state index contributed by atoms with van der Waals surface area (Å²) in [6.07, 6.45) is 3.82. The summed E-state index contributed by atoms with van der Waals surface area (Å²) >= 11 is 0. The zero-order valence-electron chi connectivity index (χ0n) is 11.8. The van der Waals surface area contributed by atoms with E-state index in [1.165, 1.54) is 0 Å². The van der Waals surface area contributed by atoms with E-state index in [1.54, 1.807) is 7.11 Å². The third-order valence-electron chi connectivity index (χ3n) is 3.90. The van der Waals surface area contributed by atoms with Crippen LogP contribution < -0.4 is 10.5 Å². The summed E-state index contributed by atoms with van der Waals surface area (Å²) in [5, 5.41) is 0. The monoisotopic (exact) mass is 269 g/mol. The second-order valence-electron chi connectivity index (χ2n) is 5.41. The summed E-state index contributed by atoms with van der Waals surface area (Å²) in [5.74, 6) is 2.23. The molecule has 0 atom stereocenters. The van der Waals surface area contributed by atoms with Gasteiger partial charge in [-0.25, -0.2) is 9.97 Å². The maximum atomic E-state index is 5.84. The fraction of sp³-hybridized carbons (Fsp3) is 0.375. The van der Waals surface area contributed by atoms with Crippen LogP contribution in [0.5, 0.6) is 5.75 Å². The molecule has 1 aromatic carbocycles. The molecule has 1 heterocycles. The van der Waals surface area contributed by atoms with Crippen LogP contribution in [-0.4, -0.2) is 23.1 Å². The Kier molecular flexibility index (Phi) is 3.40. The van der Waals surface area contributed by atoms with E-state index in [-0.39, 0.29) is 0 Å². The van der Waals surface area contributed by atoms with Gasteiger partial charge in [-0.2, -0.15) is 0 Å². The molecule has 1 aliphatic rings. The highest BCUT2D eigenvalue weighted by atomic mass is 16.5. The van der Waals surface area contributed by atoms with Gasteiger partial charge >= 0.3 is 0 Å². The second-order valence-corrected chi connectivity index (χ2v) is 5.41. The van der Waals surface area contributed by atoms with E-state index in [0.29, 0.717) is 12.0 Å². The lowest BCUT2D eigenvalue weighted by atomic mass is 9.80. The Hall–Kier alpha value is -1.94. The average molecular weight is 269 g/mol. The van der Waals surface area contributed by atoms with Crippen molar-refractivity contribution in [3.63, 3.8) is 0 Å². The lowest BCUT2D eigenvalue weighted by Gasteiger charge is -2.31. The Morgan fingerprint density at radius 3 is 2.70 bits per heavy atom. The molecule has 0 bridgehead atoms. The number of rotatable bonds is 3. The molecule has 0 spiro atoms. The Labute approximate surface area is 119 Å². The highest BCUT2D eigenvalue weighted by Gasteiger charge is 2.29. The molecule has 3 rings (SSSR count). The summed E-state index contributed by atoms with van der Waals surface area (Å²) in [7, 11) is 1.69. The molecule has 0 aliphatic heterocycles. The smallest absolute Gasteiger partial charge is 0.132 e. The molecule has 104 valence electrons. The minimum atomic E-state index is 0.315. The van der Waals surface area contributed by atoms with Crippen LogP contribution in [0.1, 0.15) is 30.1 Å². The van der Waals surface area contributed by atoms with Crippen LogP contribution in [0.4, 0.5) is 0 Å². The van der Waals surface area contributed by atoms with Gasteiger partial charge in [-0.3, -0.25) is 0 Å². The fourth-order valence-electron chi connectivity index (χ4n) is 2.64. The van der Waals surface area contributed by atoms with E-state index in [9.17, 15) is 0 Å². The summed E-state index contributed by atoms with van der Waals surface area (Å²) in [6.45, 7) is 2.04. The number of hydrogen-bond donors (Lipinski definition) is 1. The third kappa shape index (κ3) is 2.39. The minimum absolute atomic E-state index is 0.315. The largest absolute Gasteiger partial charge is 0.496 e. The second kappa shape index (κ2) is 5.21. The third-order valence-corrected chi connectivity index (χ3v) is 3.90. The molecular formula is C16H19N3O. The molecule has 0 saturated heterocycles. The first kappa shape index (κ1) is 13.1. The van der Waals surface area contributed by atoms with Gasteiger partial charge in [0.25, 0.3) is 0 Å². The van der Waals surface area contributed by atoms with Gasteiger partial charge in [0.15, 0.2) is 0 Å². The van der Waals surface area contributed by atoms with Gasteiger partial charge in [-0.1, -0.05) is 0 Å². The zero-order valence-corrected chi connectivity index (χ0v) is 11.8. The highest BCUT2D eigenvalue weighted by Crippen LogP contribution is 2.34. The molecule has 0 amide bonds. The number of methoxy groups -OCH3 is 1. The van der Waals surface area contributed by atoms with Crippen LogP contribution in [0.2, 0.25) is 0 Å². The van der Waals surface area contributed by atoms with E-state index in [0.717, 1.165) is 41.2 Å². The number of ether oxygens (including phenoxy) is 1. The number of nitrogens with zero attached hydrogens (tertiary/aromatic N) is 2. The van der Waals surface area contributed by atoms with Crippen molar-refractivity contribution in [1.29, 1.82) is 0 Å². The van der Waals surface area contributed by atoms with Gasteiger partial charge in [0.2, 0.25) is 0 Å². The maximum absolute atomic E-state index is 5.84. The van der Waals surface area contributed by atoms with Gasteiger partial charge in [0, 0.05) is 23.7 Å². The van der Waals surface area contributed by atoms with Gasteiger partial charge in [0.1, 0.15) is 11.6 Å². The van der Waals surface area contributed by atoms with Crippen molar-refractivity contribution in [1.82, 2.24) is 9.97 Å². The molecular weight excluding hydrogens is 250 g/mol. The molecule has 1 aromatic heterocycles. The SMILES string of the molecule is COc1ccc(-c2ccnc(C3CC(N)C3)n2)cc1C. The summed E-state index contributed by atoms with van der Waals surface area (Å²) in [5.41, 5.74) is 9.00. The van der Waals surface area contributed by atoms with Crippen molar-refractivity contribution >= 4 is 0 Å². The van der Waals surface area contributed by atoms with Crippen LogP contribution in [0.25, 0.3) is 11.3 Å². The molecule has 0 unspecified atom stereocenters. The quantitative estimate of drug-likeness (QED) is 0.930. The van der Waals surface area contributed by atoms with Crippen molar-refractivity contribution in [2.75, 3.05) is 7.11 Å². The minimum Gasteiger partial charge on any atom is -0.496 e. The predicted octanol–water partition coefficient (Wildman–Crippen LogP) is 2.67. The standard InChI is InChI=1S/C16H19N3O/c1-10-7-11(3-4-15(10)20-2)14-5-6-18-16(19-14)12-8-13(17)9-12/h3-7,12-13H,8-9,17H2,1-2H3. The first-order chi connectivity index (χ1) is 9.67. The molecule has 0 radical (unpaired) electrons. The van der Waals surface area contributed by atoms with Crippen LogP contribution in [-0.2, 0) is 0 Å². The van der Waals surface area contributed by atoms with Crippen molar-refractivity contribution < 1.29 is 4.74 Å². The Balaban J connectivity index is 1.90. The predicted molar refractivity (Wildman–Crippen MR) is 78.7 cm³/mol. The topological polar surface area (TPSA) is 61.0 Å². The number of hydrogen-bond acceptors (Lipinski definition) is 4. The van der Waals surface area contributed by atoms with Crippen molar-refractivity contribution in [3.05, 3.63) is 41.9 Å². The Bertz CT molecular complexity index is 621. The van der Waals surface area contributed by atoms with E-state index in [1.807, 2.05) is 31.3 Å². The summed E-state index contributed by atoms with van der Waals surface area (Å²) in [6, 6.07) is 8.37. The molecule has 1 saturated carbocycles. The van der Waals surface area contributed by atoms with Gasteiger partial charge in [0.05, 0.1) is 12.8 Å². The highest BCUT2D eigenvalue weighted by molar-refractivity contribution is 5.61. The number of nitrogens with two attached hydrogens (primary N) is 1. The van der Waals surface area contributed by atoms with Crippen LogP contribution in [0.3, 0.4) is 0 Å². The Morgan fingerprint density at radius 1 is 1.25 bits per heavy atom. The van der Waals surface area contributed by atoms with E-state index in [4.69, 9.17) is 10.5 Å². The van der Waals surface area contributed by atoms with Crippen molar-refractivity contribution in [2.45, 2.75) is 31.7 Å². The molecule has 2 aromatic rings. The number of aryl methyl sites for hydroxylation is 1. The number of benzene rings is 1. The molecule has 1 fully saturated rings. The normalized spacial score (nSPS) is 21.4. The van der Waals surface area contributed by atoms with Crippen LogP contribution in [0.15, 0.2) is 30.5 Å². The van der Waals surface area contributed by atoms with Crippen LogP contribution in [0, 0.1) is 6.92 Å². The van der Waals surface area contributed by atoms with Gasteiger partial charge < -0.3 is 10.5 Å². The molecule has 20 heavy (non-hydrogen) atoms. The van der Waals surface area contributed by atoms with Crippen LogP contribution >= 0.6 is 0 Å². The molecule has 4 nitrogen and oxygen atoms in total. The lowest BCUT2D eigenvalue weighted by Crippen LogP contribution is -2.35. The first-order valence-corrected chi connectivity index (χ1v) is 6.91. The summed E-state index contributed by atoms with van der Waals surface area (Å²) in [4.78, 5) is 9.07. The van der Waals surface area contributed by atoms with Crippen molar-refractivity contribution in [3.8, 4) is 17.0 Å². The summed E-state index contributed by atoms with van der Waals surface area (Å²) < 4.78 is 5.29. The average Bonchev–Trinajstić information content (AvgIpc) is 2.44. The van der Waals surface area contributed by atoms with Gasteiger partial charge in [-0.05, 0) is 49.6 Å². The lowest BCUT2D eigenvalue weighted by molar-refractivity contribution is 0.338. The first-order valence-electron chi connectivity index (χ1n) is 6.91. The zero-order chi connectivity index (χ0) is 14.1. The van der Waals surface area contributed by atoms with Gasteiger partial charge in [-0.15, -0.1) is 0 Å². The number of aromatic nitrogens is 2. The van der Waals surface area contributed by atoms with Crippen molar-refractivity contribution in [2.24, 2.45) is 5.73 Å². The Morgan fingerprint density at radius 2 is 2.05 bits per heavy atom. The maximum Gasteiger partial charge on any atom is 0.132 e. The molecule has 2 N–H and O–H groups in total. The van der Waals surface area contributed by atoms with E-state index >= 15 is 0 Å². The fourth-order valence-corrected chi connectivity index (χ4v) is 2.64. The molecule has 4 heteroatoms. The molecule has 1 aliphatic carbocycles. The van der Waals surface area contributed by atoms with E-state index in [2.05, 4.69) is 16.0 Å².